The minimum atomic E-state index is -0.654. The number of carboxylic acid groups (broad SMARTS) is 1. The molecule has 0 spiro atoms. The van der Waals surface area contributed by atoms with Gasteiger partial charge >= 0.3 is 5.97 Å². The van der Waals surface area contributed by atoms with Crippen LogP contribution in [0.4, 0.5) is 0 Å². The molecular formula is C15H24O2. The Morgan fingerprint density at radius 2 is 2.00 bits per heavy atom. The van der Waals surface area contributed by atoms with Gasteiger partial charge in [-0.2, -0.15) is 0 Å². The Hall–Kier alpha value is -0.790. The van der Waals surface area contributed by atoms with Gasteiger partial charge in [-0.05, 0) is 56.8 Å². The molecule has 0 aliphatic heterocycles. The summed E-state index contributed by atoms with van der Waals surface area (Å²) in [7, 11) is 0. The van der Waals surface area contributed by atoms with Gasteiger partial charge in [0.15, 0.2) is 0 Å². The number of carbonyl (C=O) groups is 1. The van der Waals surface area contributed by atoms with Gasteiger partial charge in [-0.1, -0.05) is 25.0 Å². The van der Waals surface area contributed by atoms with Crippen molar-refractivity contribution in [2.75, 3.05) is 0 Å². The summed E-state index contributed by atoms with van der Waals surface area (Å²) < 4.78 is 0. The quantitative estimate of drug-likeness (QED) is 0.739. The first-order valence-corrected chi connectivity index (χ1v) is 6.95. The number of allylic oxidation sites excluding steroid dienone is 1. The van der Waals surface area contributed by atoms with E-state index in [1.54, 1.807) is 0 Å². The minimum Gasteiger partial charge on any atom is -0.481 e. The van der Waals surface area contributed by atoms with Crippen LogP contribution in [0.15, 0.2) is 11.1 Å². The van der Waals surface area contributed by atoms with Gasteiger partial charge in [-0.15, -0.1) is 0 Å². The maximum atomic E-state index is 11.2. The van der Waals surface area contributed by atoms with E-state index in [-0.39, 0.29) is 5.92 Å². The van der Waals surface area contributed by atoms with Crippen molar-refractivity contribution in [2.24, 2.45) is 23.7 Å². The van der Waals surface area contributed by atoms with E-state index in [0.717, 1.165) is 24.7 Å². The Morgan fingerprint density at radius 3 is 2.65 bits per heavy atom. The van der Waals surface area contributed by atoms with E-state index in [2.05, 4.69) is 13.8 Å². The third-order valence-corrected chi connectivity index (χ3v) is 4.85. The molecule has 0 aromatic carbocycles. The smallest absolute Gasteiger partial charge is 0.310 e. The van der Waals surface area contributed by atoms with Crippen LogP contribution in [-0.4, -0.2) is 11.1 Å². The zero-order valence-corrected chi connectivity index (χ0v) is 11.2. The lowest BCUT2D eigenvalue weighted by molar-refractivity contribution is -0.140. The number of aliphatic carboxylic acids is 1. The number of rotatable bonds is 2. The van der Waals surface area contributed by atoms with Crippen molar-refractivity contribution in [2.45, 2.75) is 52.9 Å². The summed E-state index contributed by atoms with van der Waals surface area (Å²) in [5, 5.41) is 9.22. The van der Waals surface area contributed by atoms with E-state index < -0.39 is 5.97 Å². The van der Waals surface area contributed by atoms with Crippen molar-refractivity contribution in [3.05, 3.63) is 11.1 Å². The van der Waals surface area contributed by atoms with E-state index >= 15 is 0 Å². The molecule has 2 aliphatic carbocycles. The Balaban J connectivity index is 2.32. The predicted octanol–water partition coefficient (Wildman–Crippen LogP) is 3.87. The standard InChI is InChI=1S/C15H24O2/c1-9-4-6-12-10(2)5-7-13(14(12)8-9)11(3)15(16)17/h9-12H,4-8H2,1-3H3,(H,16,17)/t9?,10-,11-,12+/m1/s1. The van der Waals surface area contributed by atoms with Crippen molar-refractivity contribution in [1.29, 1.82) is 0 Å². The first-order chi connectivity index (χ1) is 8.00. The number of fused-ring (bicyclic) bond motifs is 1. The number of hydrogen-bond acceptors (Lipinski definition) is 1. The van der Waals surface area contributed by atoms with Crippen molar-refractivity contribution in [3.63, 3.8) is 0 Å². The summed E-state index contributed by atoms with van der Waals surface area (Å²) in [6, 6.07) is 0. The highest BCUT2D eigenvalue weighted by Crippen LogP contribution is 2.46. The normalized spacial score (nSPS) is 35.4. The van der Waals surface area contributed by atoms with Crippen LogP contribution in [-0.2, 0) is 4.79 Å². The van der Waals surface area contributed by atoms with Gasteiger partial charge in [0.05, 0.1) is 5.92 Å². The van der Waals surface area contributed by atoms with Crippen LogP contribution < -0.4 is 0 Å². The molecule has 2 heteroatoms. The second-order valence-corrected chi connectivity index (χ2v) is 6.12. The van der Waals surface area contributed by atoms with Gasteiger partial charge < -0.3 is 5.11 Å². The molecule has 0 heterocycles. The molecule has 96 valence electrons. The van der Waals surface area contributed by atoms with Crippen LogP contribution in [0.5, 0.6) is 0 Å². The molecule has 4 atom stereocenters. The second kappa shape index (κ2) is 4.83. The SMILES string of the molecule is CC1CC[C@@H]2C(=C([C@@H](C)C(=O)O)CC[C@H]2C)C1. The Kier molecular flexibility index (Phi) is 3.60. The average Bonchev–Trinajstić information content (AvgIpc) is 2.28. The van der Waals surface area contributed by atoms with Crippen molar-refractivity contribution in [3.8, 4) is 0 Å². The third kappa shape index (κ3) is 2.41. The highest BCUT2D eigenvalue weighted by molar-refractivity contribution is 5.73. The summed E-state index contributed by atoms with van der Waals surface area (Å²) in [5.74, 6) is 1.24. The average molecular weight is 236 g/mol. The predicted molar refractivity (Wildman–Crippen MR) is 68.7 cm³/mol. The van der Waals surface area contributed by atoms with E-state index in [0.29, 0.717) is 5.92 Å². The lowest BCUT2D eigenvalue weighted by Gasteiger charge is -2.40. The van der Waals surface area contributed by atoms with Crippen LogP contribution in [0.25, 0.3) is 0 Å². The monoisotopic (exact) mass is 236 g/mol. The van der Waals surface area contributed by atoms with Gasteiger partial charge in [-0.25, -0.2) is 0 Å². The summed E-state index contributed by atoms with van der Waals surface area (Å²) in [6.45, 7) is 6.49. The Labute approximate surface area is 104 Å². The molecule has 2 rings (SSSR count). The molecule has 0 bridgehead atoms. The topological polar surface area (TPSA) is 37.3 Å². The zero-order valence-electron chi connectivity index (χ0n) is 11.2. The Morgan fingerprint density at radius 1 is 1.29 bits per heavy atom. The maximum absolute atomic E-state index is 11.2. The zero-order chi connectivity index (χ0) is 12.6. The van der Waals surface area contributed by atoms with Crippen LogP contribution in [0, 0.1) is 23.7 Å². The molecule has 1 saturated carbocycles. The molecule has 1 unspecified atom stereocenters. The van der Waals surface area contributed by atoms with Crippen LogP contribution in [0.2, 0.25) is 0 Å². The molecule has 17 heavy (non-hydrogen) atoms. The van der Waals surface area contributed by atoms with E-state index in [4.69, 9.17) is 0 Å². The van der Waals surface area contributed by atoms with Crippen molar-refractivity contribution < 1.29 is 9.90 Å². The fraction of sp³-hybridized carbons (Fsp3) is 0.800. The van der Waals surface area contributed by atoms with Gasteiger partial charge in [-0.3, -0.25) is 4.79 Å². The van der Waals surface area contributed by atoms with Crippen LogP contribution >= 0.6 is 0 Å². The Bertz CT molecular complexity index is 343. The fourth-order valence-corrected chi connectivity index (χ4v) is 3.65. The lowest BCUT2D eigenvalue weighted by atomic mass is 9.65. The summed E-state index contributed by atoms with van der Waals surface area (Å²) in [6.07, 6.45) is 5.91. The van der Waals surface area contributed by atoms with Crippen molar-refractivity contribution >= 4 is 5.97 Å². The largest absolute Gasteiger partial charge is 0.481 e. The first-order valence-electron chi connectivity index (χ1n) is 6.95. The van der Waals surface area contributed by atoms with Crippen LogP contribution in [0.3, 0.4) is 0 Å². The molecule has 0 radical (unpaired) electrons. The molecule has 2 nitrogen and oxygen atoms in total. The molecular weight excluding hydrogens is 212 g/mol. The summed E-state index contributed by atoms with van der Waals surface area (Å²) >= 11 is 0. The lowest BCUT2D eigenvalue weighted by Crippen LogP contribution is -2.29. The van der Waals surface area contributed by atoms with E-state index in [1.165, 1.54) is 30.4 Å². The van der Waals surface area contributed by atoms with E-state index in [1.807, 2.05) is 6.92 Å². The molecule has 0 saturated heterocycles. The highest BCUT2D eigenvalue weighted by atomic mass is 16.4. The molecule has 0 aromatic heterocycles. The molecule has 0 amide bonds. The first kappa shape index (κ1) is 12.7. The summed E-state index contributed by atoms with van der Waals surface area (Å²) in [4.78, 5) is 11.2. The fourth-order valence-electron chi connectivity index (χ4n) is 3.65. The van der Waals surface area contributed by atoms with Gasteiger partial charge in [0, 0.05) is 0 Å². The highest BCUT2D eigenvalue weighted by Gasteiger charge is 2.35. The van der Waals surface area contributed by atoms with Gasteiger partial charge in [0.25, 0.3) is 0 Å². The third-order valence-electron chi connectivity index (χ3n) is 4.85. The number of hydrogen-bond donors (Lipinski definition) is 1. The second-order valence-electron chi connectivity index (χ2n) is 6.12. The molecule has 0 aromatic rings. The molecule has 1 N–H and O–H groups in total. The van der Waals surface area contributed by atoms with Gasteiger partial charge in [0.2, 0.25) is 0 Å². The molecule has 1 fully saturated rings. The minimum absolute atomic E-state index is 0.273. The maximum Gasteiger partial charge on any atom is 0.310 e. The molecule has 2 aliphatic rings. The number of carboxylic acids is 1. The van der Waals surface area contributed by atoms with Gasteiger partial charge in [0.1, 0.15) is 0 Å². The van der Waals surface area contributed by atoms with Crippen molar-refractivity contribution in [1.82, 2.24) is 0 Å². The summed E-state index contributed by atoms with van der Waals surface area (Å²) in [5.41, 5.74) is 2.77. The van der Waals surface area contributed by atoms with Crippen LogP contribution in [0.1, 0.15) is 52.9 Å². The van der Waals surface area contributed by atoms with E-state index in [9.17, 15) is 9.90 Å².